The van der Waals surface area contributed by atoms with Crippen LogP contribution in [0.1, 0.15) is 54.6 Å². The third-order valence-corrected chi connectivity index (χ3v) is 7.85. The van der Waals surface area contributed by atoms with Gasteiger partial charge in [-0.3, -0.25) is 9.69 Å². The predicted octanol–water partition coefficient (Wildman–Crippen LogP) is 3.95. The fourth-order valence-corrected chi connectivity index (χ4v) is 5.49. The van der Waals surface area contributed by atoms with Crippen molar-refractivity contribution in [3.63, 3.8) is 0 Å². The normalized spacial score (nSPS) is 16.5. The molecule has 0 atom stereocenters. The first kappa shape index (κ1) is 32.8. The van der Waals surface area contributed by atoms with Crippen LogP contribution in [-0.4, -0.2) is 89.1 Å². The van der Waals surface area contributed by atoms with Crippen molar-refractivity contribution in [3.05, 3.63) is 52.5 Å². The Morgan fingerprint density at radius 2 is 1.79 bits per heavy atom. The van der Waals surface area contributed by atoms with Crippen LogP contribution in [-0.2, 0) is 30.8 Å². The molecule has 1 aromatic carbocycles. The first-order valence-corrected chi connectivity index (χ1v) is 14.5. The number of fused-ring (bicyclic) bond motifs is 1. The smallest absolute Gasteiger partial charge is 0.318 e. The number of halogens is 1. The molecule has 5 rings (SSSR count). The van der Waals surface area contributed by atoms with Gasteiger partial charge in [-0.2, -0.15) is 15.2 Å². The van der Waals surface area contributed by atoms with Gasteiger partial charge in [0.2, 0.25) is 0 Å². The van der Waals surface area contributed by atoms with E-state index in [0.717, 1.165) is 34.6 Å². The number of piperazine rings is 1. The van der Waals surface area contributed by atoms with Gasteiger partial charge < -0.3 is 24.5 Å². The van der Waals surface area contributed by atoms with E-state index in [4.69, 9.17) is 10.00 Å². The van der Waals surface area contributed by atoms with Crippen LogP contribution in [0.25, 0.3) is 0 Å². The Hall–Kier alpha value is -3.75. The topological polar surface area (TPSA) is 109 Å². The Bertz CT molecular complexity index is 1280. The zero-order chi connectivity index (χ0) is 30.8. The quantitative estimate of drug-likeness (QED) is 0.507. The molecule has 1 aromatic heterocycles. The number of nitrogens with zero attached hydrogens (tertiary/aromatic N) is 7. The number of rotatable bonds is 6. The summed E-state index contributed by atoms with van der Waals surface area (Å²) in [5.41, 5.74) is 5.24. The number of aryl methyl sites for hydroxylation is 1. The molecule has 228 valence electrons. The molecule has 4 heterocycles. The first-order valence-electron chi connectivity index (χ1n) is 14.5. The van der Waals surface area contributed by atoms with Gasteiger partial charge >= 0.3 is 6.01 Å². The molecule has 0 unspecified atom stereocenters. The number of phenols is 1. The number of hydrogen-bond acceptors (Lipinski definition) is 9. The second-order valence-electron chi connectivity index (χ2n) is 10.7. The van der Waals surface area contributed by atoms with Gasteiger partial charge in [0.15, 0.2) is 5.83 Å². The van der Waals surface area contributed by atoms with Crippen molar-refractivity contribution in [2.45, 2.75) is 59.7 Å². The number of ether oxygens (including phenoxy) is 1. The van der Waals surface area contributed by atoms with Gasteiger partial charge in [-0.1, -0.05) is 19.6 Å². The fraction of sp³-hybridized carbons (Fsp3) is 0.548. The monoisotopic (exact) mass is 581 g/mol. The highest BCUT2D eigenvalue weighted by Gasteiger charge is 2.31. The zero-order valence-electron chi connectivity index (χ0n) is 25.6. The lowest BCUT2D eigenvalue weighted by molar-refractivity contribution is -0.128. The molecule has 1 N–H and O–H groups in total. The standard InChI is InChI=1S/C24H30FN5O3.C5H11N.C2H3N/c1-5-17-6-7-21(31)15(2)18(17)12-28-13-19-20(14-28)26-24(33-4)27-22(19)29-8-10-30(11-9-29)23(32)16(3)25;1-6-4-2-3-5-6;1-2-3/h6-7,31H,3,5,8-14H2,1-2,4H3;2-5H2,1H3;1H3. The molecule has 42 heavy (non-hydrogen) atoms. The van der Waals surface area contributed by atoms with Crippen molar-refractivity contribution in [2.75, 3.05) is 58.3 Å². The first-order chi connectivity index (χ1) is 20.1. The number of carbonyl (C=O) groups is 1. The molecule has 1 amide bonds. The van der Waals surface area contributed by atoms with Crippen molar-refractivity contribution in [2.24, 2.45) is 0 Å². The Kier molecular flexibility index (Phi) is 12.1. The third kappa shape index (κ3) is 8.17. The van der Waals surface area contributed by atoms with E-state index < -0.39 is 11.7 Å². The van der Waals surface area contributed by atoms with Crippen LogP contribution in [0.2, 0.25) is 0 Å². The summed E-state index contributed by atoms with van der Waals surface area (Å²) in [7, 11) is 3.72. The molecule has 0 radical (unpaired) electrons. The van der Waals surface area contributed by atoms with Gasteiger partial charge in [0.1, 0.15) is 11.6 Å². The summed E-state index contributed by atoms with van der Waals surface area (Å²) in [5, 5.41) is 17.5. The summed E-state index contributed by atoms with van der Waals surface area (Å²) in [6.07, 6.45) is 3.72. The molecule has 3 aliphatic rings. The zero-order valence-corrected chi connectivity index (χ0v) is 25.6. The summed E-state index contributed by atoms with van der Waals surface area (Å²) in [6, 6.07) is 5.80. The lowest BCUT2D eigenvalue weighted by Gasteiger charge is -2.35. The van der Waals surface area contributed by atoms with Crippen molar-refractivity contribution in [1.82, 2.24) is 24.7 Å². The van der Waals surface area contributed by atoms with Crippen LogP contribution in [0.15, 0.2) is 24.5 Å². The molecular formula is C31H44FN7O3. The second kappa shape index (κ2) is 15.5. The van der Waals surface area contributed by atoms with Gasteiger partial charge in [0.05, 0.1) is 18.9 Å². The van der Waals surface area contributed by atoms with Crippen LogP contribution in [0, 0.1) is 18.3 Å². The predicted molar refractivity (Wildman–Crippen MR) is 161 cm³/mol. The number of anilines is 1. The van der Waals surface area contributed by atoms with Gasteiger partial charge in [0, 0.05) is 58.3 Å². The minimum atomic E-state index is -0.933. The summed E-state index contributed by atoms with van der Waals surface area (Å²) < 4.78 is 18.6. The Balaban J connectivity index is 0.000000464. The molecule has 2 saturated heterocycles. The van der Waals surface area contributed by atoms with E-state index in [-0.39, 0.29) is 0 Å². The Morgan fingerprint density at radius 1 is 1.14 bits per heavy atom. The van der Waals surface area contributed by atoms with E-state index in [0.29, 0.717) is 57.6 Å². The molecule has 2 fully saturated rings. The van der Waals surface area contributed by atoms with Gasteiger partial charge in [-0.15, -0.1) is 0 Å². The molecule has 11 heteroatoms. The highest BCUT2D eigenvalue weighted by molar-refractivity contribution is 5.90. The van der Waals surface area contributed by atoms with Gasteiger partial charge in [-0.25, -0.2) is 4.39 Å². The van der Waals surface area contributed by atoms with Crippen molar-refractivity contribution < 1.29 is 19.0 Å². The summed E-state index contributed by atoms with van der Waals surface area (Å²) >= 11 is 0. The number of carbonyl (C=O) groups excluding carboxylic acids is 1. The van der Waals surface area contributed by atoms with Crippen LogP contribution >= 0.6 is 0 Å². The summed E-state index contributed by atoms with van der Waals surface area (Å²) in [6.45, 7) is 15.1. The third-order valence-electron chi connectivity index (χ3n) is 7.85. The van der Waals surface area contributed by atoms with E-state index in [9.17, 15) is 14.3 Å². The van der Waals surface area contributed by atoms with Gasteiger partial charge in [-0.05, 0) is 69.1 Å². The number of nitriles is 1. The number of likely N-dealkylation sites (tertiary alicyclic amines) is 1. The molecule has 0 spiro atoms. The molecule has 3 aliphatic heterocycles. The summed E-state index contributed by atoms with van der Waals surface area (Å²) in [4.78, 5) is 29.4. The second-order valence-corrected chi connectivity index (χ2v) is 10.7. The largest absolute Gasteiger partial charge is 0.508 e. The highest BCUT2D eigenvalue weighted by Crippen LogP contribution is 2.34. The SMILES string of the molecule is C=C(F)C(=O)N1CCN(c2nc(OC)nc3c2CN(Cc2c(CC)ccc(O)c2C)C3)CC1.CC#N.CN1CCCC1. The number of phenolic OH excluding ortho intramolecular Hbond substituents is 1. The average molecular weight is 582 g/mol. The average Bonchev–Trinajstić information content (AvgIpc) is 3.64. The molecule has 0 saturated carbocycles. The highest BCUT2D eigenvalue weighted by atomic mass is 19.1. The van der Waals surface area contributed by atoms with Crippen LogP contribution in [0.5, 0.6) is 11.8 Å². The van der Waals surface area contributed by atoms with Crippen molar-refractivity contribution >= 4 is 11.7 Å². The van der Waals surface area contributed by atoms with Crippen LogP contribution < -0.4 is 9.64 Å². The summed E-state index contributed by atoms with van der Waals surface area (Å²) in [5.74, 6) is -0.477. The lowest BCUT2D eigenvalue weighted by atomic mass is 9.98. The minimum Gasteiger partial charge on any atom is -0.508 e. The molecule has 10 nitrogen and oxygen atoms in total. The molecule has 0 aliphatic carbocycles. The van der Waals surface area contributed by atoms with E-state index in [1.807, 2.05) is 13.0 Å². The van der Waals surface area contributed by atoms with E-state index >= 15 is 0 Å². The Morgan fingerprint density at radius 3 is 2.31 bits per heavy atom. The maximum Gasteiger partial charge on any atom is 0.318 e. The minimum absolute atomic E-state index is 0.309. The van der Waals surface area contributed by atoms with E-state index in [1.165, 1.54) is 43.3 Å². The van der Waals surface area contributed by atoms with E-state index in [2.05, 4.69) is 45.2 Å². The molecular weight excluding hydrogens is 537 g/mol. The van der Waals surface area contributed by atoms with Crippen LogP contribution in [0.4, 0.5) is 10.2 Å². The number of methoxy groups -OCH3 is 1. The molecule has 0 bridgehead atoms. The maximum absolute atomic E-state index is 13.2. The number of hydrogen-bond donors (Lipinski definition) is 1. The number of amides is 1. The van der Waals surface area contributed by atoms with Gasteiger partial charge in [0.25, 0.3) is 5.91 Å². The number of aromatic hydroxyl groups is 1. The van der Waals surface area contributed by atoms with Crippen LogP contribution in [0.3, 0.4) is 0 Å². The van der Waals surface area contributed by atoms with Crippen molar-refractivity contribution in [3.8, 4) is 17.8 Å². The number of benzene rings is 1. The Labute approximate surface area is 249 Å². The van der Waals surface area contributed by atoms with Crippen molar-refractivity contribution in [1.29, 1.82) is 5.26 Å². The molecule has 2 aromatic rings. The number of aromatic nitrogens is 2. The maximum atomic E-state index is 13.2. The lowest BCUT2D eigenvalue weighted by Crippen LogP contribution is -2.49. The fourth-order valence-electron chi connectivity index (χ4n) is 5.49. The van der Waals surface area contributed by atoms with E-state index in [1.54, 1.807) is 19.2 Å².